The van der Waals surface area contributed by atoms with E-state index < -0.39 is 10.0 Å². The molecule has 126 valence electrons. The van der Waals surface area contributed by atoms with Gasteiger partial charge < -0.3 is 5.32 Å². The molecule has 0 spiro atoms. The third-order valence-corrected chi connectivity index (χ3v) is 6.00. The number of benzene rings is 1. The van der Waals surface area contributed by atoms with Crippen molar-refractivity contribution in [2.45, 2.75) is 50.5 Å². The van der Waals surface area contributed by atoms with E-state index in [9.17, 15) is 8.42 Å². The van der Waals surface area contributed by atoms with Crippen molar-refractivity contribution in [3.63, 3.8) is 0 Å². The van der Waals surface area contributed by atoms with Crippen LogP contribution in [0.2, 0.25) is 0 Å². The second kappa shape index (κ2) is 8.29. The molecule has 1 saturated heterocycles. The van der Waals surface area contributed by atoms with Gasteiger partial charge in [0, 0.05) is 19.1 Å². The summed E-state index contributed by atoms with van der Waals surface area (Å²) in [4.78, 5) is 0.409. The molecule has 4 nitrogen and oxygen atoms in total. The predicted molar refractivity (Wildman–Crippen MR) is 93.2 cm³/mol. The first-order valence-electron chi connectivity index (χ1n) is 7.79. The molecule has 1 aliphatic heterocycles. The SMILES string of the molecule is CCCN(C1CCNC1)S(=O)(=O)c1ccc(C(C)C)cc1.Cl. The van der Waals surface area contributed by atoms with Crippen LogP contribution in [-0.2, 0) is 10.0 Å². The Morgan fingerprint density at radius 1 is 1.27 bits per heavy atom. The first kappa shape index (κ1) is 19.4. The normalized spacial score (nSPS) is 18.7. The number of halogens is 1. The molecule has 1 heterocycles. The maximum absolute atomic E-state index is 12.9. The molecule has 1 aliphatic rings. The lowest BCUT2D eigenvalue weighted by Gasteiger charge is -2.27. The zero-order valence-electron chi connectivity index (χ0n) is 13.6. The summed E-state index contributed by atoms with van der Waals surface area (Å²) >= 11 is 0. The summed E-state index contributed by atoms with van der Waals surface area (Å²) < 4.78 is 27.5. The van der Waals surface area contributed by atoms with E-state index in [4.69, 9.17) is 0 Å². The topological polar surface area (TPSA) is 49.4 Å². The second-order valence-corrected chi connectivity index (χ2v) is 7.88. The van der Waals surface area contributed by atoms with Crippen molar-refractivity contribution in [2.75, 3.05) is 19.6 Å². The van der Waals surface area contributed by atoms with E-state index in [2.05, 4.69) is 19.2 Å². The third kappa shape index (κ3) is 4.22. The molecule has 1 fully saturated rings. The number of rotatable bonds is 6. The minimum atomic E-state index is -3.40. The van der Waals surface area contributed by atoms with Crippen molar-refractivity contribution >= 4 is 22.4 Å². The van der Waals surface area contributed by atoms with E-state index in [1.807, 2.05) is 19.1 Å². The minimum Gasteiger partial charge on any atom is -0.315 e. The van der Waals surface area contributed by atoms with Gasteiger partial charge in [-0.3, -0.25) is 0 Å². The lowest BCUT2D eigenvalue weighted by Crippen LogP contribution is -2.41. The highest BCUT2D eigenvalue weighted by Gasteiger charge is 2.32. The molecule has 1 N–H and O–H groups in total. The quantitative estimate of drug-likeness (QED) is 0.861. The Balaban J connectivity index is 0.00000242. The fourth-order valence-corrected chi connectivity index (χ4v) is 4.51. The van der Waals surface area contributed by atoms with E-state index >= 15 is 0 Å². The van der Waals surface area contributed by atoms with Crippen molar-refractivity contribution in [1.29, 1.82) is 0 Å². The summed E-state index contributed by atoms with van der Waals surface area (Å²) in [5.74, 6) is 0.410. The number of nitrogens with one attached hydrogen (secondary N) is 1. The maximum Gasteiger partial charge on any atom is 0.243 e. The highest BCUT2D eigenvalue weighted by atomic mass is 35.5. The van der Waals surface area contributed by atoms with Crippen LogP contribution in [0, 0.1) is 0 Å². The predicted octanol–water partition coefficient (Wildman–Crippen LogP) is 2.99. The number of nitrogens with zero attached hydrogens (tertiary/aromatic N) is 1. The summed E-state index contributed by atoms with van der Waals surface area (Å²) in [6.07, 6.45) is 1.73. The van der Waals surface area contributed by atoms with Gasteiger partial charge in [0.2, 0.25) is 10.0 Å². The Labute approximate surface area is 140 Å². The highest BCUT2D eigenvalue weighted by molar-refractivity contribution is 7.89. The molecular weight excluding hydrogens is 320 g/mol. The molecule has 0 amide bonds. The van der Waals surface area contributed by atoms with E-state index in [1.54, 1.807) is 16.4 Å². The Bertz CT molecular complexity index is 552. The molecule has 1 aromatic rings. The molecule has 0 bridgehead atoms. The van der Waals surface area contributed by atoms with Gasteiger partial charge in [0.15, 0.2) is 0 Å². The van der Waals surface area contributed by atoms with Gasteiger partial charge in [-0.25, -0.2) is 8.42 Å². The molecule has 1 atom stereocenters. The standard InChI is InChI=1S/C16H26N2O2S.ClH/c1-4-11-18(15-9-10-17-12-15)21(19,20)16-7-5-14(6-8-16)13(2)3;/h5-8,13,15,17H,4,9-12H2,1-3H3;1H. The van der Waals surface area contributed by atoms with Gasteiger partial charge in [0.1, 0.15) is 0 Å². The van der Waals surface area contributed by atoms with Gasteiger partial charge in [-0.15, -0.1) is 12.4 Å². The summed E-state index contributed by atoms with van der Waals surface area (Å²) in [6, 6.07) is 7.42. The molecule has 2 rings (SSSR count). The van der Waals surface area contributed by atoms with Crippen LogP contribution >= 0.6 is 12.4 Å². The largest absolute Gasteiger partial charge is 0.315 e. The van der Waals surface area contributed by atoms with Crippen molar-refractivity contribution in [2.24, 2.45) is 0 Å². The lowest BCUT2D eigenvalue weighted by atomic mass is 10.0. The summed E-state index contributed by atoms with van der Waals surface area (Å²) in [7, 11) is -3.40. The molecule has 22 heavy (non-hydrogen) atoms. The smallest absolute Gasteiger partial charge is 0.243 e. The van der Waals surface area contributed by atoms with Gasteiger partial charge in [-0.1, -0.05) is 32.9 Å². The van der Waals surface area contributed by atoms with Gasteiger partial charge in [0.05, 0.1) is 4.90 Å². The van der Waals surface area contributed by atoms with E-state index in [0.29, 0.717) is 17.4 Å². The van der Waals surface area contributed by atoms with Crippen LogP contribution in [0.1, 0.15) is 45.1 Å². The first-order valence-corrected chi connectivity index (χ1v) is 9.23. The Morgan fingerprint density at radius 3 is 2.36 bits per heavy atom. The molecule has 0 aliphatic carbocycles. The molecule has 1 aromatic carbocycles. The molecule has 0 saturated carbocycles. The zero-order chi connectivity index (χ0) is 15.5. The van der Waals surface area contributed by atoms with Crippen LogP contribution in [-0.4, -0.2) is 38.4 Å². The van der Waals surface area contributed by atoms with E-state index in [1.165, 1.54) is 5.56 Å². The number of hydrogen-bond donors (Lipinski definition) is 1. The van der Waals surface area contributed by atoms with Crippen LogP contribution in [0.15, 0.2) is 29.2 Å². The fourth-order valence-electron chi connectivity index (χ4n) is 2.76. The number of sulfonamides is 1. The van der Waals surface area contributed by atoms with Crippen LogP contribution in [0.3, 0.4) is 0 Å². The van der Waals surface area contributed by atoms with Crippen LogP contribution in [0.25, 0.3) is 0 Å². The first-order chi connectivity index (χ1) is 9.96. The van der Waals surface area contributed by atoms with Crippen LogP contribution in [0.4, 0.5) is 0 Å². The third-order valence-electron chi connectivity index (χ3n) is 4.04. The van der Waals surface area contributed by atoms with E-state index in [0.717, 1.165) is 25.9 Å². The average Bonchev–Trinajstić information content (AvgIpc) is 2.98. The molecular formula is C16H27ClN2O2S. The summed E-state index contributed by atoms with van der Waals surface area (Å²) in [5, 5.41) is 3.25. The van der Waals surface area contributed by atoms with Crippen molar-refractivity contribution < 1.29 is 8.42 Å². The maximum atomic E-state index is 12.9. The van der Waals surface area contributed by atoms with Crippen LogP contribution < -0.4 is 5.32 Å². The Kier molecular flexibility index (Phi) is 7.32. The van der Waals surface area contributed by atoms with Gasteiger partial charge in [-0.2, -0.15) is 4.31 Å². The van der Waals surface area contributed by atoms with Gasteiger partial charge >= 0.3 is 0 Å². The Hall–Kier alpha value is -0.620. The van der Waals surface area contributed by atoms with Crippen molar-refractivity contribution in [3.05, 3.63) is 29.8 Å². The van der Waals surface area contributed by atoms with E-state index in [-0.39, 0.29) is 18.4 Å². The second-order valence-electron chi connectivity index (χ2n) is 5.99. The summed E-state index contributed by atoms with van der Waals surface area (Å²) in [6.45, 7) is 8.47. The van der Waals surface area contributed by atoms with Gasteiger partial charge in [0.25, 0.3) is 0 Å². The Morgan fingerprint density at radius 2 is 1.91 bits per heavy atom. The average molecular weight is 347 g/mol. The van der Waals surface area contributed by atoms with Crippen molar-refractivity contribution in [3.8, 4) is 0 Å². The molecule has 0 aromatic heterocycles. The molecule has 1 unspecified atom stereocenters. The van der Waals surface area contributed by atoms with Crippen LogP contribution in [0.5, 0.6) is 0 Å². The highest BCUT2D eigenvalue weighted by Crippen LogP contribution is 2.23. The fraction of sp³-hybridized carbons (Fsp3) is 0.625. The number of hydrogen-bond acceptors (Lipinski definition) is 3. The van der Waals surface area contributed by atoms with Gasteiger partial charge in [-0.05, 0) is 43.0 Å². The van der Waals surface area contributed by atoms with Crippen molar-refractivity contribution in [1.82, 2.24) is 9.62 Å². The monoisotopic (exact) mass is 346 g/mol. The molecule has 6 heteroatoms. The minimum absolute atomic E-state index is 0. The lowest BCUT2D eigenvalue weighted by molar-refractivity contribution is 0.335. The summed E-state index contributed by atoms with van der Waals surface area (Å²) in [5.41, 5.74) is 1.17. The molecule has 0 radical (unpaired) electrons. The zero-order valence-corrected chi connectivity index (χ0v) is 15.2.